The molecule has 214 valence electrons. The first-order chi connectivity index (χ1) is 19.0. The third-order valence-corrected chi connectivity index (χ3v) is 7.02. The van der Waals surface area contributed by atoms with Crippen LogP contribution in [0.5, 0.6) is 17.2 Å². The van der Waals surface area contributed by atoms with Crippen molar-refractivity contribution >= 4 is 69.3 Å². The summed E-state index contributed by atoms with van der Waals surface area (Å²) in [6.45, 7) is 7.15. The number of nitrogens with one attached hydrogen (secondary N) is 3. The molecule has 11 nitrogen and oxygen atoms in total. The van der Waals surface area contributed by atoms with E-state index >= 15 is 0 Å². The fourth-order valence-corrected chi connectivity index (χ4v) is 5.83. The SMILES string of the molecule is CCOC(=O)C1=C(C)NC(=O)N[C@H]1c1ccc(OCC(=O)N/N=C\c2cc(I)c(OC(C)C)c(I)c2)c(OC)c1. The minimum absolute atomic E-state index is 0.0594. The van der Waals surface area contributed by atoms with Crippen molar-refractivity contribution in [1.29, 1.82) is 0 Å². The molecule has 0 fully saturated rings. The Kier molecular flexibility index (Phi) is 11.4. The fraction of sp³-hybridized carbons (Fsp3) is 0.333. The predicted molar refractivity (Wildman–Crippen MR) is 166 cm³/mol. The van der Waals surface area contributed by atoms with Gasteiger partial charge in [-0.1, -0.05) is 6.07 Å². The van der Waals surface area contributed by atoms with E-state index in [1.165, 1.54) is 7.11 Å². The lowest BCUT2D eigenvalue weighted by Crippen LogP contribution is -2.45. The van der Waals surface area contributed by atoms with Crippen molar-refractivity contribution in [2.75, 3.05) is 20.3 Å². The molecular weight excluding hydrogens is 746 g/mol. The summed E-state index contributed by atoms with van der Waals surface area (Å²) < 4.78 is 24.0. The van der Waals surface area contributed by atoms with Gasteiger partial charge in [0, 0.05) is 5.70 Å². The summed E-state index contributed by atoms with van der Waals surface area (Å²) in [5, 5.41) is 9.35. The van der Waals surface area contributed by atoms with E-state index in [2.05, 4.69) is 66.3 Å². The summed E-state index contributed by atoms with van der Waals surface area (Å²) in [4.78, 5) is 37.0. The van der Waals surface area contributed by atoms with Crippen molar-refractivity contribution in [1.82, 2.24) is 16.1 Å². The number of methoxy groups -OCH3 is 1. The van der Waals surface area contributed by atoms with Crippen LogP contribution >= 0.6 is 45.2 Å². The molecule has 1 heterocycles. The number of allylic oxidation sites excluding steroid dienone is 1. The van der Waals surface area contributed by atoms with Crippen LogP contribution in [0.1, 0.15) is 44.9 Å². The highest BCUT2D eigenvalue weighted by molar-refractivity contribution is 14.1. The maximum absolute atomic E-state index is 12.6. The van der Waals surface area contributed by atoms with Gasteiger partial charge in [-0.2, -0.15) is 5.10 Å². The van der Waals surface area contributed by atoms with Crippen LogP contribution in [0.2, 0.25) is 0 Å². The molecule has 2 aromatic rings. The van der Waals surface area contributed by atoms with E-state index in [1.54, 1.807) is 38.3 Å². The first kappa shape index (κ1) is 31.4. The number of ether oxygens (including phenoxy) is 4. The number of urea groups is 1. The van der Waals surface area contributed by atoms with Crippen molar-refractivity contribution in [3.8, 4) is 17.2 Å². The van der Waals surface area contributed by atoms with Gasteiger partial charge in [-0.05, 0) is 108 Å². The Hall–Kier alpha value is -3.08. The molecule has 0 radical (unpaired) electrons. The second kappa shape index (κ2) is 14.5. The van der Waals surface area contributed by atoms with Gasteiger partial charge in [0.2, 0.25) is 0 Å². The molecule has 1 aliphatic heterocycles. The van der Waals surface area contributed by atoms with E-state index in [-0.39, 0.29) is 24.9 Å². The Bertz CT molecular complexity index is 1320. The Balaban J connectivity index is 1.66. The molecule has 0 spiro atoms. The lowest BCUT2D eigenvalue weighted by molar-refractivity contribution is -0.139. The second-order valence-corrected chi connectivity index (χ2v) is 11.1. The van der Waals surface area contributed by atoms with E-state index in [0.29, 0.717) is 22.8 Å². The fourth-order valence-electron chi connectivity index (χ4n) is 3.76. The van der Waals surface area contributed by atoms with Gasteiger partial charge in [0.05, 0.1) is 44.8 Å². The molecule has 40 heavy (non-hydrogen) atoms. The number of halogens is 2. The summed E-state index contributed by atoms with van der Waals surface area (Å²) in [7, 11) is 1.45. The number of carbonyl (C=O) groups is 3. The molecule has 1 aliphatic rings. The topological polar surface area (TPSA) is 137 Å². The molecule has 0 saturated heterocycles. The predicted octanol–water partition coefficient (Wildman–Crippen LogP) is 4.41. The molecule has 0 aromatic heterocycles. The zero-order chi connectivity index (χ0) is 29.4. The second-order valence-electron chi connectivity index (χ2n) is 8.76. The van der Waals surface area contributed by atoms with Crippen LogP contribution in [0, 0.1) is 7.14 Å². The zero-order valence-corrected chi connectivity index (χ0v) is 26.9. The van der Waals surface area contributed by atoms with Crippen LogP contribution in [0.3, 0.4) is 0 Å². The van der Waals surface area contributed by atoms with Gasteiger partial charge in [0.25, 0.3) is 5.91 Å². The third kappa shape index (κ3) is 8.22. The number of benzene rings is 2. The molecule has 13 heteroatoms. The van der Waals surface area contributed by atoms with Gasteiger partial charge >= 0.3 is 12.0 Å². The van der Waals surface area contributed by atoms with Crippen molar-refractivity contribution < 1.29 is 33.3 Å². The molecular formula is C27H30I2N4O7. The summed E-state index contributed by atoms with van der Waals surface area (Å²) in [5.74, 6) is 0.416. The number of carbonyl (C=O) groups excluding carboxylic acids is 3. The normalized spacial score (nSPS) is 15.0. The van der Waals surface area contributed by atoms with Gasteiger partial charge < -0.3 is 29.6 Å². The Morgan fingerprint density at radius 1 is 1.15 bits per heavy atom. The number of hydrazone groups is 1. The van der Waals surface area contributed by atoms with Crippen LogP contribution in [-0.4, -0.2) is 50.5 Å². The molecule has 0 aliphatic carbocycles. The van der Waals surface area contributed by atoms with Crippen molar-refractivity contribution in [3.63, 3.8) is 0 Å². The van der Waals surface area contributed by atoms with Crippen molar-refractivity contribution in [2.45, 2.75) is 39.8 Å². The number of nitrogens with zero attached hydrogens (tertiary/aromatic N) is 1. The number of amides is 3. The first-order valence-electron chi connectivity index (χ1n) is 12.3. The molecule has 2 aromatic carbocycles. The highest BCUT2D eigenvalue weighted by atomic mass is 127. The molecule has 0 saturated carbocycles. The minimum atomic E-state index is -0.759. The number of hydrogen-bond acceptors (Lipinski definition) is 8. The highest BCUT2D eigenvalue weighted by Crippen LogP contribution is 2.34. The van der Waals surface area contributed by atoms with Gasteiger partial charge in [0.1, 0.15) is 5.75 Å². The summed E-state index contributed by atoms with van der Waals surface area (Å²) in [5.41, 5.74) is 4.50. The quantitative estimate of drug-likeness (QED) is 0.133. The Morgan fingerprint density at radius 2 is 1.85 bits per heavy atom. The van der Waals surface area contributed by atoms with Gasteiger partial charge in [-0.3, -0.25) is 4.79 Å². The largest absolute Gasteiger partial charge is 0.493 e. The lowest BCUT2D eigenvalue weighted by atomic mass is 9.95. The molecule has 3 N–H and O–H groups in total. The average molecular weight is 776 g/mol. The summed E-state index contributed by atoms with van der Waals surface area (Å²) in [6.07, 6.45) is 1.60. The number of rotatable bonds is 11. The summed E-state index contributed by atoms with van der Waals surface area (Å²) >= 11 is 4.41. The van der Waals surface area contributed by atoms with Crippen LogP contribution in [-0.2, 0) is 14.3 Å². The molecule has 0 bridgehead atoms. The van der Waals surface area contributed by atoms with Crippen molar-refractivity contribution in [3.05, 3.63) is 59.9 Å². The molecule has 3 rings (SSSR count). The van der Waals surface area contributed by atoms with E-state index in [4.69, 9.17) is 18.9 Å². The van der Waals surface area contributed by atoms with E-state index < -0.39 is 23.9 Å². The number of hydrogen-bond donors (Lipinski definition) is 3. The Labute approximate surface area is 259 Å². The van der Waals surface area contributed by atoms with Crippen molar-refractivity contribution in [2.24, 2.45) is 5.10 Å². The van der Waals surface area contributed by atoms with Crippen LogP contribution < -0.4 is 30.3 Å². The highest BCUT2D eigenvalue weighted by Gasteiger charge is 2.32. The molecule has 3 amide bonds. The first-order valence-corrected chi connectivity index (χ1v) is 14.4. The zero-order valence-electron chi connectivity index (χ0n) is 22.6. The Morgan fingerprint density at radius 3 is 2.48 bits per heavy atom. The van der Waals surface area contributed by atoms with Gasteiger partial charge in [0.15, 0.2) is 18.1 Å². The van der Waals surface area contributed by atoms with E-state index in [9.17, 15) is 14.4 Å². The maximum atomic E-state index is 12.6. The van der Waals surface area contributed by atoms with Gasteiger partial charge in [-0.25, -0.2) is 15.0 Å². The van der Waals surface area contributed by atoms with E-state index in [1.807, 2.05) is 26.0 Å². The van der Waals surface area contributed by atoms with Crippen LogP contribution in [0.15, 0.2) is 46.7 Å². The standard InChI is InChI=1S/C27H30I2N4O7/c1-6-38-26(35)23-15(4)31-27(36)32-24(23)17-7-8-20(21(11-17)37-5)39-13-22(34)33-30-12-16-9-18(28)25(19(29)10-16)40-14(2)3/h7-12,14,24H,6,13H2,1-5H3,(H,33,34)(H2,31,32,36)/b30-12-/t24-/m0/s1. The van der Waals surface area contributed by atoms with Gasteiger partial charge in [-0.15, -0.1) is 0 Å². The smallest absolute Gasteiger partial charge is 0.338 e. The minimum Gasteiger partial charge on any atom is -0.493 e. The lowest BCUT2D eigenvalue weighted by Gasteiger charge is -2.28. The third-order valence-electron chi connectivity index (χ3n) is 5.42. The molecule has 0 unspecified atom stereocenters. The van der Waals surface area contributed by atoms with Crippen LogP contribution in [0.25, 0.3) is 0 Å². The maximum Gasteiger partial charge on any atom is 0.338 e. The number of esters is 1. The van der Waals surface area contributed by atoms with E-state index in [0.717, 1.165) is 18.5 Å². The average Bonchev–Trinajstić information content (AvgIpc) is 2.89. The summed E-state index contributed by atoms with van der Waals surface area (Å²) in [6, 6.07) is 7.52. The molecule has 1 atom stereocenters. The monoisotopic (exact) mass is 776 g/mol. The van der Waals surface area contributed by atoms with Crippen LogP contribution in [0.4, 0.5) is 4.79 Å².